The van der Waals surface area contributed by atoms with Crippen LogP contribution in [0.4, 0.5) is 11.4 Å². The molecule has 0 aliphatic carbocycles. The smallest absolute Gasteiger partial charge is 0.0849 e. The Morgan fingerprint density at radius 2 is 1.28 bits per heavy atom. The fourth-order valence-corrected chi connectivity index (χ4v) is 1.87. The summed E-state index contributed by atoms with van der Waals surface area (Å²) in [6.45, 7) is 15.2. The molecule has 2 aromatic rings. The van der Waals surface area contributed by atoms with E-state index in [1.807, 2.05) is 82.3 Å². The number of rotatable bonds is 6. The van der Waals surface area contributed by atoms with Gasteiger partial charge in [0, 0.05) is 76.8 Å². The second-order valence-corrected chi connectivity index (χ2v) is 4.56. The van der Waals surface area contributed by atoms with Crippen molar-refractivity contribution in [3.8, 4) is 6.07 Å². The molecule has 0 aliphatic heterocycles. The molecule has 0 aromatic heterocycles. The van der Waals surface area contributed by atoms with Gasteiger partial charge in [0.1, 0.15) is 0 Å². The largest absolute Gasteiger partial charge is 0.478 e. The van der Waals surface area contributed by atoms with Crippen LogP contribution >= 0.6 is 0 Å². The van der Waals surface area contributed by atoms with Crippen LogP contribution in [0.2, 0.25) is 0 Å². The minimum atomic E-state index is 0. The summed E-state index contributed by atoms with van der Waals surface area (Å²) in [5.41, 5.74) is 3.85. The Balaban J connectivity index is -0.00000106. The van der Waals surface area contributed by atoms with E-state index < -0.39 is 0 Å². The molecule has 0 spiro atoms. The fourth-order valence-electron chi connectivity index (χ4n) is 1.87. The van der Waals surface area contributed by atoms with E-state index in [4.69, 9.17) is 11.8 Å². The van der Waals surface area contributed by atoms with Gasteiger partial charge in [-0.1, -0.05) is 63.7 Å². The van der Waals surface area contributed by atoms with Gasteiger partial charge in [-0.15, -0.1) is 12.1 Å². The minimum absolute atomic E-state index is 0. The third-order valence-electron chi connectivity index (χ3n) is 3.01. The molecule has 2 N–H and O–H groups in total. The average molecular weight is 536 g/mol. The summed E-state index contributed by atoms with van der Waals surface area (Å²) in [7, 11) is 0. The average Bonchev–Trinajstić information content (AvgIpc) is 2.75. The van der Waals surface area contributed by atoms with E-state index in [0.717, 1.165) is 22.5 Å². The summed E-state index contributed by atoms with van der Waals surface area (Å²) in [6.07, 6.45) is 8.26. The molecule has 2 radical (unpaired) electrons. The number of nitrogens with zero attached hydrogens (tertiary/aromatic N) is 2. The quantitative estimate of drug-likeness (QED) is 0.261. The molecule has 0 unspecified atom stereocenters. The van der Waals surface area contributed by atoms with Gasteiger partial charge in [0.25, 0.3) is 0 Å². The Bertz CT molecular complexity index is 701. The normalized spacial score (nSPS) is 8.62. The Morgan fingerprint density at radius 1 is 0.862 bits per heavy atom. The van der Waals surface area contributed by atoms with Crippen molar-refractivity contribution in [3.63, 3.8) is 0 Å². The summed E-state index contributed by atoms with van der Waals surface area (Å²) in [5, 5.41) is 14.9. The van der Waals surface area contributed by atoms with E-state index in [-0.39, 0.29) is 65.4 Å². The van der Waals surface area contributed by atoms with Crippen LogP contribution in [0.3, 0.4) is 0 Å². The van der Waals surface area contributed by atoms with Crippen molar-refractivity contribution in [2.24, 2.45) is 0 Å². The molecule has 4 nitrogen and oxygen atoms in total. The summed E-state index contributed by atoms with van der Waals surface area (Å²) >= 11 is 0. The van der Waals surface area contributed by atoms with Crippen molar-refractivity contribution < 1.29 is 65.4 Å². The van der Waals surface area contributed by atoms with Crippen molar-refractivity contribution in [1.29, 1.82) is 5.26 Å². The van der Waals surface area contributed by atoms with Crippen LogP contribution in [-0.2, 0) is 65.4 Å². The van der Waals surface area contributed by atoms with Crippen molar-refractivity contribution in [2.45, 2.75) is 27.7 Å². The first-order valence-corrected chi connectivity index (χ1v) is 8.93. The van der Waals surface area contributed by atoms with E-state index in [2.05, 4.69) is 27.8 Å². The van der Waals surface area contributed by atoms with Gasteiger partial charge in [-0.05, 0) is 18.2 Å². The fraction of sp³-hybridized carbons (Fsp3) is 0.217. The standard InChI is InChI=1S/C19H14N4.2C2H6.2Y/c1-21-14-12-17-6-10-19(11-7-17)23-15-22-18-8-4-16(5-9-18)3-2-13-20;2*1-2;;/h3-12,22-23H,15H2;2*1-2H3;;/q-2;;;;. The van der Waals surface area contributed by atoms with Gasteiger partial charge < -0.3 is 15.5 Å². The molecule has 0 amide bonds. The number of benzene rings is 2. The number of hydrogen-bond donors (Lipinski definition) is 2. The maximum absolute atomic E-state index is 8.43. The summed E-state index contributed by atoms with van der Waals surface area (Å²) in [5.74, 6) is 0. The summed E-state index contributed by atoms with van der Waals surface area (Å²) in [6, 6.07) is 17.3. The Labute approximate surface area is 226 Å². The van der Waals surface area contributed by atoms with E-state index in [1.165, 1.54) is 0 Å². The first kappa shape index (κ1) is 32.4. The molecule has 0 saturated heterocycles. The van der Waals surface area contributed by atoms with Gasteiger partial charge in [0.05, 0.1) is 6.67 Å². The number of nitriles is 1. The van der Waals surface area contributed by atoms with Gasteiger partial charge in [-0.25, -0.2) is 11.3 Å². The van der Waals surface area contributed by atoms with Crippen molar-refractivity contribution in [3.05, 3.63) is 83.4 Å². The summed E-state index contributed by atoms with van der Waals surface area (Å²) in [4.78, 5) is 3.06. The second kappa shape index (κ2) is 23.0. The molecule has 0 fully saturated rings. The first-order chi connectivity index (χ1) is 13.3. The van der Waals surface area contributed by atoms with E-state index in [0.29, 0.717) is 6.67 Å². The number of anilines is 2. The van der Waals surface area contributed by atoms with Crippen LogP contribution in [0.15, 0.2) is 48.5 Å². The van der Waals surface area contributed by atoms with Crippen molar-refractivity contribution >= 4 is 23.5 Å². The first-order valence-electron chi connectivity index (χ1n) is 8.93. The van der Waals surface area contributed by atoms with Gasteiger partial charge in [-0.2, -0.15) is 17.7 Å². The molecule has 0 saturated carbocycles. The van der Waals surface area contributed by atoms with Crippen LogP contribution in [0.5, 0.6) is 0 Å². The molecule has 0 aliphatic rings. The van der Waals surface area contributed by atoms with E-state index in [1.54, 1.807) is 12.2 Å². The zero-order valence-electron chi connectivity index (χ0n) is 17.5. The van der Waals surface area contributed by atoms with Crippen LogP contribution in [0.1, 0.15) is 38.8 Å². The van der Waals surface area contributed by atoms with Crippen LogP contribution < -0.4 is 10.6 Å². The number of hydrogen-bond acceptors (Lipinski definition) is 3. The predicted molar refractivity (Wildman–Crippen MR) is 115 cm³/mol. The second-order valence-electron chi connectivity index (χ2n) is 4.56. The SMILES string of the molecule is CC.CC.[C-]#[N+][C-]=Cc1ccc(NCNc2ccc(C=[C-]C#N)cc2)cc1.[Y].[Y]. The molecule has 0 heterocycles. The topological polar surface area (TPSA) is 52.2 Å². The van der Waals surface area contributed by atoms with Crippen molar-refractivity contribution in [2.75, 3.05) is 17.3 Å². The van der Waals surface area contributed by atoms with Gasteiger partial charge in [0.2, 0.25) is 0 Å². The molecule has 2 aromatic carbocycles. The number of nitrogens with one attached hydrogen (secondary N) is 2. The predicted octanol–water partition coefficient (Wildman–Crippen LogP) is 6.25. The molecular weight excluding hydrogens is 510 g/mol. The third kappa shape index (κ3) is 15.2. The third-order valence-corrected chi connectivity index (χ3v) is 3.01. The van der Waals surface area contributed by atoms with Crippen LogP contribution in [-0.4, -0.2) is 6.67 Å². The summed E-state index contributed by atoms with van der Waals surface area (Å²) < 4.78 is 0. The molecule has 146 valence electrons. The van der Waals surface area contributed by atoms with Gasteiger partial charge >= 0.3 is 0 Å². The van der Waals surface area contributed by atoms with E-state index in [9.17, 15) is 0 Å². The molecule has 29 heavy (non-hydrogen) atoms. The van der Waals surface area contributed by atoms with E-state index >= 15 is 0 Å². The van der Waals surface area contributed by atoms with Gasteiger partial charge in [-0.3, -0.25) is 6.57 Å². The van der Waals surface area contributed by atoms with Gasteiger partial charge in [0.15, 0.2) is 0 Å². The minimum Gasteiger partial charge on any atom is -0.478 e. The molecule has 0 atom stereocenters. The maximum Gasteiger partial charge on any atom is 0.0849 e. The zero-order valence-corrected chi connectivity index (χ0v) is 23.2. The van der Waals surface area contributed by atoms with Crippen LogP contribution in [0.25, 0.3) is 17.0 Å². The molecular formula is C23H26N4Y2-2. The Morgan fingerprint density at radius 3 is 1.66 bits per heavy atom. The monoisotopic (exact) mass is 536 g/mol. The zero-order chi connectivity index (χ0) is 20.3. The molecule has 2 rings (SSSR count). The molecule has 6 heteroatoms. The number of allylic oxidation sites excluding steroid dienone is 1. The maximum atomic E-state index is 8.43. The van der Waals surface area contributed by atoms with Crippen molar-refractivity contribution in [1.82, 2.24) is 0 Å². The van der Waals surface area contributed by atoms with Crippen LogP contribution in [0, 0.1) is 30.2 Å². The Kier molecular flexibility index (Phi) is 25.7. The Hall–Kier alpha value is -1.29. The molecule has 0 bridgehead atoms.